The van der Waals surface area contributed by atoms with Crippen molar-refractivity contribution in [3.8, 4) is 11.1 Å². The lowest BCUT2D eigenvalue weighted by Gasteiger charge is -2.46. The number of hydrogen-bond donors (Lipinski definition) is 0. The van der Waals surface area contributed by atoms with E-state index in [-0.39, 0.29) is 10.8 Å². The van der Waals surface area contributed by atoms with E-state index >= 15 is 0 Å². The van der Waals surface area contributed by atoms with Crippen molar-refractivity contribution < 1.29 is 13.2 Å². The van der Waals surface area contributed by atoms with Crippen molar-refractivity contribution in [2.75, 3.05) is 19.6 Å². The Kier molecular flexibility index (Phi) is 6.29. The summed E-state index contributed by atoms with van der Waals surface area (Å²) in [7, 11) is 0. The predicted molar refractivity (Wildman–Crippen MR) is 115 cm³/mol. The molecule has 0 bridgehead atoms. The van der Waals surface area contributed by atoms with Crippen LogP contribution in [0.5, 0.6) is 0 Å². The molecule has 5 heteroatoms. The molecule has 160 valence electrons. The Hall–Kier alpha value is -2.32. The summed E-state index contributed by atoms with van der Waals surface area (Å²) in [6.45, 7) is 17.5. The van der Waals surface area contributed by atoms with Crippen molar-refractivity contribution >= 4 is 0 Å². The highest BCUT2D eigenvalue weighted by Crippen LogP contribution is 2.47. The lowest BCUT2D eigenvalue weighted by molar-refractivity contribution is -0.137. The number of piperidine rings is 1. The number of alkyl halides is 3. The van der Waals surface area contributed by atoms with E-state index in [4.69, 9.17) is 6.57 Å². The third-order valence-corrected chi connectivity index (χ3v) is 6.69. The minimum Gasteiger partial charge on any atom is -0.316 e. The molecule has 3 rings (SSSR count). The van der Waals surface area contributed by atoms with Gasteiger partial charge in [-0.05, 0) is 60.2 Å². The van der Waals surface area contributed by atoms with Gasteiger partial charge in [0.1, 0.15) is 0 Å². The van der Waals surface area contributed by atoms with Crippen molar-refractivity contribution in [2.45, 2.75) is 46.3 Å². The van der Waals surface area contributed by atoms with E-state index in [9.17, 15) is 13.2 Å². The highest BCUT2D eigenvalue weighted by Gasteiger charge is 2.46. The first-order chi connectivity index (χ1) is 14.0. The normalized spacial score (nSPS) is 17.5. The summed E-state index contributed by atoms with van der Waals surface area (Å²) in [4.78, 5) is 6.17. The average Bonchev–Trinajstić information content (AvgIpc) is 2.69. The van der Waals surface area contributed by atoms with Gasteiger partial charge in [-0.15, -0.1) is 0 Å². The van der Waals surface area contributed by atoms with Gasteiger partial charge in [-0.25, -0.2) is 6.57 Å². The standard InChI is InChI=1S/C25H29F3N2/c1-23(2,3)24(18-29-4)13-15-30(16-14-24)17-19-5-7-20(8-6-19)21-9-11-22(12-10-21)25(26,27)28/h5-12H,13-18H2,1-3H3. The SMILES string of the molecule is [C-]#[N+]CC1(C(C)(C)C)CCN(Cc2ccc(-c3ccc(C(F)(F)F)cc3)cc2)CC1. The predicted octanol–water partition coefficient (Wildman–Crippen LogP) is 6.92. The van der Waals surface area contributed by atoms with Crippen LogP contribution in [0.15, 0.2) is 48.5 Å². The minimum atomic E-state index is -4.31. The van der Waals surface area contributed by atoms with Gasteiger partial charge < -0.3 is 4.85 Å². The highest BCUT2D eigenvalue weighted by atomic mass is 19.4. The van der Waals surface area contributed by atoms with Gasteiger partial charge in [0, 0.05) is 12.0 Å². The molecule has 0 saturated carbocycles. The number of rotatable bonds is 4. The molecular formula is C25H29F3N2. The van der Waals surface area contributed by atoms with Crippen LogP contribution in [0, 0.1) is 17.4 Å². The van der Waals surface area contributed by atoms with Gasteiger partial charge in [-0.2, -0.15) is 13.2 Å². The lowest BCUT2D eigenvalue weighted by Crippen LogP contribution is -2.47. The maximum Gasteiger partial charge on any atom is 0.416 e. The van der Waals surface area contributed by atoms with Crippen LogP contribution in [0.3, 0.4) is 0 Å². The molecule has 0 atom stereocenters. The van der Waals surface area contributed by atoms with Crippen molar-refractivity contribution in [2.24, 2.45) is 10.8 Å². The van der Waals surface area contributed by atoms with Crippen molar-refractivity contribution in [1.29, 1.82) is 0 Å². The second-order valence-corrected chi connectivity index (χ2v) is 9.39. The molecule has 2 aromatic carbocycles. The number of nitrogens with zero attached hydrogens (tertiary/aromatic N) is 2. The fourth-order valence-electron chi connectivity index (χ4n) is 4.35. The largest absolute Gasteiger partial charge is 0.416 e. The topological polar surface area (TPSA) is 7.60 Å². The Bertz CT molecular complexity index is 876. The number of benzene rings is 2. The second kappa shape index (κ2) is 8.43. The Morgan fingerprint density at radius 2 is 1.40 bits per heavy atom. The summed E-state index contributed by atoms with van der Waals surface area (Å²) >= 11 is 0. The van der Waals surface area contributed by atoms with Crippen molar-refractivity contribution in [3.05, 3.63) is 71.1 Å². The molecule has 0 radical (unpaired) electrons. The number of hydrogen-bond acceptors (Lipinski definition) is 1. The van der Waals surface area contributed by atoms with E-state index in [1.165, 1.54) is 17.7 Å². The minimum absolute atomic E-state index is 0.0810. The molecule has 1 saturated heterocycles. The zero-order chi connectivity index (χ0) is 22.0. The first-order valence-corrected chi connectivity index (χ1v) is 10.4. The fraction of sp³-hybridized carbons (Fsp3) is 0.480. The van der Waals surface area contributed by atoms with Gasteiger partial charge in [0.2, 0.25) is 6.54 Å². The van der Waals surface area contributed by atoms with Gasteiger partial charge in [0.25, 0.3) is 0 Å². The molecule has 0 spiro atoms. The van der Waals surface area contributed by atoms with E-state index < -0.39 is 11.7 Å². The van der Waals surface area contributed by atoms with Crippen molar-refractivity contribution in [1.82, 2.24) is 4.90 Å². The van der Waals surface area contributed by atoms with Crippen LogP contribution in [0.1, 0.15) is 44.7 Å². The zero-order valence-corrected chi connectivity index (χ0v) is 17.9. The molecule has 1 aliphatic heterocycles. The van der Waals surface area contributed by atoms with Gasteiger partial charge >= 0.3 is 6.18 Å². The average molecular weight is 415 g/mol. The molecule has 2 aromatic rings. The number of halogens is 3. The van der Waals surface area contributed by atoms with Gasteiger partial charge in [-0.3, -0.25) is 4.90 Å². The van der Waals surface area contributed by atoms with Crippen LogP contribution < -0.4 is 0 Å². The molecule has 0 aliphatic carbocycles. The molecule has 0 aromatic heterocycles. The summed E-state index contributed by atoms with van der Waals surface area (Å²) in [5.74, 6) is 0. The van der Waals surface area contributed by atoms with E-state index in [1.807, 2.05) is 12.1 Å². The van der Waals surface area contributed by atoms with Gasteiger partial charge in [-0.1, -0.05) is 57.2 Å². The van der Waals surface area contributed by atoms with E-state index in [0.717, 1.165) is 55.7 Å². The van der Waals surface area contributed by atoms with Crippen molar-refractivity contribution in [3.63, 3.8) is 0 Å². The fourth-order valence-corrected chi connectivity index (χ4v) is 4.35. The Morgan fingerprint density at radius 1 is 0.900 bits per heavy atom. The molecule has 2 nitrogen and oxygen atoms in total. The quantitative estimate of drug-likeness (QED) is 0.493. The van der Waals surface area contributed by atoms with Crippen LogP contribution in [0.2, 0.25) is 0 Å². The first-order valence-electron chi connectivity index (χ1n) is 10.4. The summed E-state index contributed by atoms with van der Waals surface area (Å²) < 4.78 is 38.2. The van der Waals surface area contributed by atoms with Crippen LogP contribution in [0.4, 0.5) is 13.2 Å². The van der Waals surface area contributed by atoms with Crippen LogP contribution in [-0.2, 0) is 12.7 Å². The summed E-state index contributed by atoms with van der Waals surface area (Å²) in [5, 5.41) is 0. The number of likely N-dealkylation sites (tertiary alicyclic amines) is 1. The Balaban J connectivity index is 1.62. The van der Waals surface area contributed by atoms with Gasteiger partial charge in [0.05, 0.1) is 5.56 Å². The van der Waals surface area contributed by atoms with E-state index in [0.29, 0.717) is 6.54 Å². The monoisotopic (exact) mass is 414 g/mol. The molecule has 0 N–H and O–H groups in total. The summed E-state index contributed by atoms with van der Waals surface area (Å²) in [6, 6.07) is 13.3. The van der Waals surface area contributed by atoms with Crippen LogP contribution >= 0.6 is 0 Å². The molecule has 1 fully saturated rings. The Labute approximate surface area is 177 Å². The highest BCUT2D eigenvalue weighted by molar-refractivity contribution is 5.64. The summed E-state index contributed by atoms with van der Waals surface area (Å²) in [6.07, 6.45) is -2.25. The second-order valence-electron chi connectivity index (χ2n) is 9.39. The van der Waals surface area contributed by atoms with Gasteiger partial charge in [0.15, 0.2) is 0 Å². The third-order valence-electron chi connectivity index (χ3n) is 6.69. The molecule has 0 unspecified atom stereocenters. The Morgan fingerprint density at radius 3 is 1.83 bits per heavy atom. The molecular weight excluding hydrogens is 385 g/mol. The smallest absolute Gasteiger partial charge is 0.316 e. The van der Waals surface area contributed by atoms with Crippen LogP contribution in [-0.4, -0.2) is 24.5 Å². The van der Waals surface area contributed by atoms with Crippen LogP contribution in [0.25, 0.3) is 16.0 Å². The maximum absolute atomic E-state index is 12.7. The third kappa shape index (κ3) is 4.87. The maximum atomic E-state index is 12.7. The van der Waals surface area contributed by atoms with E-state index in [2.05, 4.69) is 42.6 Å². The summed E-state index contributed by atoms with van der Waals surface area (Å²) in [5.41, 5.74) is 2.46. The molecule has 0 amide bonds. The lowest BCUT2D eigenvalue weighted by atomic mass is 9.61. The molecule has 1 aliphatic rings. The first kappa shape index (κ1) is 22.4. The zero-order valence-electron chi connectivity index (χ0n) is 17.9. The van der Waals surface area contributed by atoms with E-state index in [1.54, 1.807) is 0 Å². The molecule has 30 heavy (non-hydrogen) atoms. The molecule has 1 heterocycles.